The first-order chi connectivity index (χ1) is 8.16. The van der Waals surface area contributed by atoms with Crippen molar-refractivity contribution in [2.24, 2.45) is 5.73 Å². The van der Waals surface area contributed by atoms with E-state index in [-0.39, 0.29) is 11.4 Å². The van der Waals surface area contributed by atoms with Crippen LogP contribution in [0.25, 0.3) is 0 Å². The van der Waals surface area contributed by atoms with Gasteiger partial charge < -0.3 is 10.5 Å². The van der Waals surface area contributed by atoms with Crippen LogP contribution in [0.4, 0.5) is 4.39 Å². The lowest BCUT2D eigenvalue weighted by molar-refractivity contribution is -0.209. The number of hydrogen-bond donors (Lipinski definition) is 1. The molecule has 1 saturated carbocycles. The van der Waals surface area contributed by atoms with Gasteiger partial charge in [0.15, 0.2) is 0 Å². The van der Waals surface area contributed by atoms with E-state index in [1.165, 1.54) is 6.07 Å². The Morgan fingerprint density at radius 3 is 2.59 bits per heavy atom. The van der Waals surface area contributed by atoms with Gasteiger partial charge in [-0.1, -0.05) is 25.0 Å². The van der Waals surface area contributed by atoms with E-state index in [4.69, 9.17) is 10.5 Å². The zero-order valence-electron chi connectivity index (χ0n) is 9.92. The third kappa shape index (κ3) is 1.53. The van der Waals surface area contributed by atoms with E-state index < -0.39 is 5.54 Å². The molecule has 1 heterocycles. The number of benzene rings is 1. The molecule has 0 bridgehead atoms. The smallest absolute Gasteiger partial charge is 0.123 e. The standard InChI is InChI=1S/C14H18FNO/c15-12-5-3-4-11(10-12)14(16)7-2-1-6-13(14)8-9-17-13/h3-5,10H,1-2,6-9,16H2/t13?,14-/m0/s1. The second-order valence-corrected chi connectivity index (χ2v) is 5.28. The van der Waals surface area contributed by atoms with Crippen LogP contribution < -0.4 is 5.73 Å². The summed E-state index contributed by atoms with van der Waals surface area (Å²) in [7, 11) is 0. The molecule has 0 aromatic heterocycles. The van der Waals surface area contributed by atoms with Crippen LogP contribution in [-0.4, -0.2) is 12.2 Å². The van der Waals surface area contributed by atoms with E-state index in [0.29, 0.717) is 0 Å². The summed E-state index contributed by atoms with van der Waals surface area (Å²) in [5.41, 5.74) is 6.74. The topological polar surface area (TPSA) is 35.2 Å². The van der Waals surface area contributed by atoms with E-state index in [2.05, 4.69) is 0 Å². The number of halogens is 1. The Morgan fingerprint density at radius 1 is 1.18 bits per heavy atom. The van der Waals surface area contributed by atoms with Crippen molar-refractivity contribution >= 4 is 0 Å². The zero-order chi connectivity index (χ0) is 11.9. The molecule has 1 saturated heterocycles. The van der Waals surface area contributed by atoms with Gasteiger partial charge in [-0.2, -0.15) is 0 Å². The van der Waals surface area contributed by atoms with Crippen molar-refractivity contribution in [1.82, 2.24) is 0 Å². The minimum atomic E-state index is -0.508. The summed E-state index contributed by atoms with van der Waals surface area (Å²) in [4.78, 5) is 0. The molecule has 1 aliphatic heterocycles. The summed E-state index contributed by atoms with van der Waals surface area (Å²) in [5, 5.41) is 0. The van der Waals surface area contributed by atoms with Crippen LogP contribution in [0.2, 0.25) is 0 Å². The molecule has 1 unspecified atom stereocenters. The highest BCUT2D eigenvalue weighted by atomic mass is 19.1. The van der Waals surface area contributed by atoms with Gasteiger partial charge in [0, 0.05) is 6.42 Å². The molecule has 1 aliphatic carbocycles. The van der Waals surface area contributed by atoms with Crippen molar-refractivity contribution in [3.05, 3.63) is 35.6 Å². The van der Waals surface area contributed by atoms with E-state index in [0.717, 1.165) is 44.3 Å². The van der Waals surface area contributed by atoms with E-state index in [9.17, 15) is 4.39 Å². The van der Waals surface area contributed by atoms with Crippen molar-refractivity contribution < 1.29 is 9.13 Å². The Balaban J connectivity index is 2.03. The fourth-order valence-electron chi connectivity index (χ4n) is 3.34. The third-order valence-corrected chi connectivity index (χ3v) is 4.44. The lowest BCUT2D eigenvalue weighted by atomic mass is 9.63. The number of ether oxygens (including phenoxy) is 1. The van der Waals surface area contributed by atoms with Crippen LogP contribution in [0.5, 0.6) is 0 Å². The first-order valence-corrected chi connectivity index (χ1v) is 6.35. The molecule has 1 aromatic rings. The van der Waals surface area contributed by atoms with Crippen LogP contribution in [0.15, 0.2) is 24.3 Å². The van der Waals surface area contributed by atoms with E-state index >= 15 is 0 Å². The molecule has 2 aliphatic rings. The van der Waals surface area contributed by atoms with Crippen molar-refractivity contribution in [2.75, 3.05) is 6.61 Å². The Bertz CT molecular complexity index is 430. The van der Waals surface area contributed by atoms with Gasteiger partial charge in [0.05, 0.1) is 17.7 Å². The molecule has 0 radical (unpaired) electrons. The zero-order valence-corrected chi connectivity index (χ0v) is 9.92. The summed E-state index contributed by atoms with van der Waals surface area (Å²) in [5.74, 6) is -0.215. The molecule has 1 spiro atoms. The highest BCUT2D eigenvalue weighted by Gasteiger charge is 2.56. The van der Waals surface area contributed by atoms with Gasteiger partial charge in [0.1, 0.15) is 5.82 Å². The number of nitrogens with two attached hydrogens (primary N) is 1. The van der Waals surface area contributed by atoms with Gasteiger partial charge in [-0.15, -0.1) is 0 Å². The molecule has 92 valence electrons. The van der Waals surface area contributed by atoms with E-state index in [1.807, 2.05) is 6.07 Å². The predicted molar refractivity (Wildman–Crippen MR) is 64.0 cm³/mol. The summed E-state index contributed by atoms with van der Waals surface area (Å²) in [6.07, 6.45) is 5.14. The molecule has 2 atom stereocenters. The first-order valence-electron chi connectivity index (χ1n) is 6.35. The average Bonchev–Trinajstić information content (AvgIpc) is 2.27. The Kier molecular flexibility index (Phi) is 2.49. The van der Waals surface area contributed by atoms with Gasteiger partial charge in [-0.25, -0.2) is 4.39 Å². The maximum atomic E-state index is 13.4. The van der Waals surface area contributed by atoms with Gasteiger partial charge >= 0.3 is 0 Å². The van der Waals surface area contributed by atoms with Crippen LogP contribution in [0.1, 0.15) is 37.7 Å². The number of hydrogen-bond acceptors (Lipinski definition) is 2. The molecule has 2 nitrogen and oxygen atoms in total. The van der Waals surface area contributed by atoms with Crippen molar-refractivity contribution in [2.45, 2.75) is 43.2 Å². The lowest BCUT2D eigenvalue weighted by Gasteiger charge is -2.56. The molecular weight excluding hydrogens is 217 g/mol. The Hall–Kier alpha value is -0.930. The molecular formula is C14H18FNO. The quantitative estimate of drug-likeness (QED) is 0.812. The maximum Gasteiger partial charge on any atom is 0.123 e. The Labute approximate surface area is 101 Å². The minimum absolute atomic E-state index is 0.215. The summed E-state index contributed by atoms with van der Waals surface area (Å²) in [6, 6.07) is 6.69. The largest absolute Gasteiger partial charge is 0.373 e. The fraction of sp³-hybridized carbons (Fsp3) is 0.571. The SMILES string of the molecule is N[C@]1(c2cccc(F)c2)CCCCC12CCO2. The lowest BCUT2D eigenvalue weighted by Crippen LogP contribution is -2.66. The van der Waals surface area contributed by atoms with Crippen LogP contribution >= 0.6 is 0 Å². The van der Waals surface area contributed by atoms with E-state index in [1.54, 1.807) is 12.1 Å². The highest BCUT2D eigenvalue weighted by Crippen LogP contribution is 2.51. The monoisotopic (exact) mass is 235 g/mol. The molecule has 3 rings (SSSR count). The third-order valence-electron chi connectivity index (χ3n) is 4.44. The summed E-state index contributed by atoms with van der Waals surface area (Å²) >= 11 is 0. The van der Waals surface area contributed by atoms with Crippen molar-refractivity contribution in [3.8, 4) is 0 Å². The Morgan fingerprint density at radius 2 is 1.94 bits per heavy atom. The van der Waals surface area contributed by atoms with Crippen LogP contribution in [-0.2, 0) is 10.3 Å². The van der Waals surface area contributed by atoms with Gasteiger partial charge in [0.25, 0.3) is 0 Å². The predicted octanol–water partition coefficient (Wildman–Crippen LogP) is 2.71. The minimum Gasteiger partial charge on any atom is -0.373 e. The van der Waals surface area contributed by atoms with Gasteiger partial charge in [-0.3, -0.25) is 0 Å². The van der Waals surface area contributed by atoms with Crippen LogP contribution in [0, 0.1) is 5.82 Å². The maximum absolute atomic E-state index is 13.4. The van der Waals surface area contributed by atoms with Gasteiger partial charge in [-0.05, 0) is 30.5 Å². The molecule has 2 N–H and O–H groups in total. The van der Waals surface area contributed by atoms with Crippen LogP contribution in [0.3, 0.4) is 0 Å². The summed E-state index contributed by atoms with van der Waals surface area (Å²) < 4.78 is 19.2. The first kappa shape index (κ1) is 11.2. The molecule has 0 amide bonds. The number of rotatable bonds is 1. The summed E-state index contributed by atoms with van der Waals surface area (Å²) in [6.45, 7) is 0.786. The second-order valence-electron chi connectivity index (χ2n) is 5.28. The van der Waals surface area contributed by atoms with Crippen molar-refractivity contribution in [3.63, 3.8) is 0 Å². The van der Waals surface area contributed by atoms with Crippen molar-refractivity contribution in [1.29, 1.82) is 0 Å². The molecule has 1 aromatic carbocycles. The highest BCUT2D eigenvalue weighted by molar-refractivity contribution is 5.31. The normalized spacial score (nSPS) is 36.8. The molecule has 17 heavy (non-hydrogen) atoms. The molecule has 2 fully saturated rings. The second kappa shape index (κ2) is 3.79. The molecule has 3 heteroatoms. The fourth-order valence-corrected chi connectivity index (χ4v) is 3.34. The average molecular weight is 235 g/mol. The van der Waals surface area contributed by atoms with Gasteiger partial charge in [0.2, 0.25) is 0 Å².